The number of hydrogen-bond acceptors (Lipinski definition) is 8. The molecule has 40 heavy (non-hydrogen) atoms. The molecule has 1 heterocycles. The number of hydrazone groups is 1. The highest BCUT2D eigenvalue weighted by molar-refractivity contribution is 9.10. The van der Waals surface area contributed by atoms with E-state index in [0.29, 0.717) is 49.4 Å². The first-order valence-corrected chi connectivity index (χ1v) is 13.8. The normalized spacial score (nSPS) is 10.9. The molecular weight excluding hydrogens is 601 g/mol. The van der Waals surface area contributed by atoms with Crippen LogP contribution < -0.4 is 20.2 Å². The van der Waals surface area contributed by atoms with Crippen LogP contribution >= 0.6 is 27.3 Å². The van der Waals surface area contributed by atoms with E-state index in [1.165, 1.54) is 12.3 Å². The van der Waals surface area contributed by atoms with Crippen LogP contribution in [0.2, 0.25) is 0 Å². The van der Waals surface area contributed by atoms with Gasteiger partial charge in [-0.25, -0.2) is 9.82 Å². The van der Waals surface area contributed by atoms with Crippen molar-refractivity contribution < 1.29 is 23.5 Å². The molecule has 1 aromatic heterocycles. The summed E-state index contributed by atoms with van der Waals surface area (Å²) in [5.41, 5.74) is 5.05. The Morgan fingerprint density at radius 2 is 1.88 bits per heavy atom. The second-order valence-corrected chi connectivity index (χ2v) is 10.4. The van der Waals surface area contributed by atoms with Crippen molar-refractivity contribution in [3.05, 3.63) is 98.2 Å². The Hall–Kier alpha value is -4.16. The van der Waals surface area contributed by atoms with E-state index in [1.54, 1.807) is 42.5 Å². The molecule has 0 saturated heterocycles. The van der Waals surface area contributed by atoms with E-state index in [-0.39, 0.29) is 24.8 Å². The molecule has 2 N–H and O–H groups in total. The maximum Gasteiger partial charge on any atom is 0.257 e. The van der Waals surface area contributed by atoms with Crippen molar-refractivity contribution in [1.29, 1.82) is 0 Å². The van der Waals surface area contributed by atoms with Gasteiger partial charge in [-0.2, -0.15) is 5.10 Å². The van der Waals surface area contributed by atoms with E-state index in [9.17, 15) is 14.0 Å². The summed E-state index contributed by atoms with van der Waals surface area (Å²) in [6.45, 7) is 4.18. The van der Waals surface area contributed by atoms with Gasteiger partial charge in [-0.15, -0.1) is 10.2 Å². The molecule has 0 spiro atoms. The van der Waals surface area contributed by atoms with E-state index >= 15 is 0 Å². The van der Waals surface area contributed by atoms with Crippen LogP contribution in [0.5, 0.6) is 11.5 Å². The van der Waals surface area contributed by atoms with Crippen molar-refractivity contribution in [2.24, 2.45) is 5.10 Å². The molecule has 0 radical (unpaired) electrons. The summed E-state index contributed by atoms with van der Waals surface area (Å²) in [5, 5.41) is 15.3. The van der Waals surface area contributed by atoms with Crippen LogP contribution in [0.25, 0.3) is 0 Å². The predicted molar refractivity (Wildman–Crippen MR) is 155 cm³/mol. The average Bonchev–Trinajstić information content (AvgIpc) is 3.36. The third kappa shape index (κ3) is 7.93. The number of carbonyl (C=O) groups excluding carboxylic acids is 2. The summed E-state index contributed by atoms with van der Waals surface area (Å²) in [6, 6.07) is 17.0. The minimum atomic E-state index is -0.405. The van der Waals surface area contributed by atoms with Crippen LogP contribution in [0.1, 0.15) is 39.0 Å². The van der Waals surface area contributed by atoms with Gasteiger partial charge in [0.15, 0.2) is 11.5 Å². The molecule has 0 aliphatic carbocycles. The molecule has 0 bridgehead atoms. The molecule has 0 saturated carbocycles. The highest BCUT2D eigenvalue weighted by Crippen LogP contribution is 2.37. The van der Waals surface area contributed by atoms with Crippen molar-refractivity contribution in [3.63, 3.8) is 0 Å². The Balaban J connectivity index is 1.33. The highest BCUT2D eigenvalue weighted by atomic mass is 79.9. The number of anilines is 1. The number of ether oxygens (including phenoxy) is 2. The summed E-state index contributed by atoms with van der Waals surface area (Å²) in [5.74, 6) is -0.202. The lowest BCUT2D eigenvalue weighted by molar-refractivity contribution is -0.120. The lowest BCUT2D eigenvalue weighted by Gasteiger charge is -2.15. The Kier molecular flexibility index (Phi) is 9.92. The van der Waals surface area contributed by atoms with Gasteiger partial charge >= 0.3 is 0 Å². The van der Waals surface area contributed by atoms with Crippen LogP contribution in [-0.4, -0.2) is 34.8 Å². The van der Waals surface area contributed by atoms with E-state index in [4.69, 9.17) is 9.47 Å². The van der Waals surface area contributed by atoms with Gasteiger partial charge in [-0.1, -0.05) is 47.2 Å². The van der Waals surface area contributed by atoms with Crippen LogP contribution in [0.15, 0.2) is 70.2 Å². The van der Waals surface area contributed by atoms with E-state index in [0.717, 1.165) is 16.9 Å². The van der Waals surface area contributed by atoms with Gasteiger partial charge in [0.05, 0.1) is 23.7 Å². The Morgan fingerprint density at radius 1 is 1.10 bits per heavy atom. The van der Waals surface area contributed by atoms with E-state index in [1.807, 2.05) is 26.0 Å². The largest absolute Gasteiger partial charge is 0.490 e. The summed E-state index contributed by atoms with van der Waals surface area (Å²) >= 11 is 4.58. The highest BCUT2D eigenvalue weighted by Gasteiger charge is 2.15. The molecule has 4 aromatic rings. The summed E-state index contributed by atoms with van der Waals surface area (Å²) in [7, 11) is 0. The summed E-state index contributed by atoms with van der Waals surface area (Å²) < 4.78 is 26.1. The van der Waals surface area contributed by atoms with Gasteiger partial charge in [0, 0.05) is 11.1 Å². The van der Waals surface area contributed by atoms with Gasteiger partial charge in [0.1, 0.15) is 17.4 Å². The molecule has 4 rings (SSSR count). The number of aromatic nitrogens is 2. The Morgan fingerprint density at radius 3 is 2.62 bits per heavy atom. The number of amides is 2. The van der Waals surface area contributed by atoms with Crippen molar-refractivity contribution in [2.45, 2.75) is 26.9 Å². The maximum atomic E-state index is 14.0. The SMILES string of the molecule is CCOc1cc(C=NNC(=O)Cc2nnc(NC(=O)c3ccc(C)cc3)s2)cc(Br)c1OCc1ccccc1F. The van der Waals surface area contributed by atoms with Gasteiger partial charge in [0.2, 0.25) is 11.0 Å². The fraction of sp³-hybridized carbons (Fsp3) is 0.179. The van der Waals surface area contributed by atoms with Crippen molar-refractivity contribution in [3.8, 4) is 11.5 Å². The molecule has 0 aliphatic heterocycles. The topological polar surface area (TPSA) is 115 Å². The first-order chi connectivity index (χ1) is 19.3. The molecule has 0 aliphatic rings. The van der Waals surface area contributed by atoms with Crippen LogP contribution in [0.4, 0.5) is 9.52 Å². The predicted octanol–water partition coefficient (Wildman–Crippen LogP) is 5.67. The minimum Gasteiger partial charge on any atom is -0.490 e. The van der Waals surface area contributed by atoms with Gasteiger partial charge in [-0.3, -0.25) is 14.9 Å². The van der Waals surface area contributed by atoms with Crippen molar-refractivity contribution in [1.82, 2.24) is 15.6 Å². The second kappa shape index (κ2) is 13.8. The number of hydrogen-bond donors (Lipinski definition) is 2. The molecule has 9 nitrogen and oxygen atoms in total. The first-order valence-electron chi connectivity index (χ1n) is 12.2. The zero-order chi connectivity index (χ0) is 28.5. The average molecular weight is 627 g/mol. The van der Waals surface area contributed by atoms with E-state index in [2.05, 4.69) is 42.0 Å². The van der Waals surface area contributed by atoms with Crippen LogP contribution in [-0.2, 0) is 17.8 Å². The first kappa shape index (κ1) is 28.8. The van der Waals surface area contributed by atoms with E-state index < -0.39 is 5.91 Å². The monoisotopic (exact) mass is 625 g/mol. The Bertz CT molecular complexity index is 1530. The number of carbonyl (C=O) groups is 2. The molecule has 12 heteroatoms. The molecule has 206 valence electrons. The van der Waals surface area contributed by atoms with Crippen LogP contribution in [0, 0.1) is 12.7 Å². The fourth-order valence-electron chi connectivity index (χ4n) is 3.44. The third-order valence-corrected chi connectivity index (χ3v) is 6.80. The number of nitrogens with one attached hydrogen (secondary N) is 2. The number of halogens is 2. The number of nitrogens with zero attached hydrogens (tertiary/aromatic N) is 3. The molecule has 0 unspecified atom stereocenters. The second-order valence-electron chi connectivity index (χ2n) is 8.43. The summed E-state index contributed by atoms with van der Waals surface area (Å²) in [4.78, 5) is 24.7. The summed E-state index contributed by atoms with van der Waals surface area (Å²) in [6.07, 6.45) is 1.39. The quantitative estimate of drug-likeness (QED) is 0.164. The lowest BCUT2D eigenvalue weighted by atomic mass is 10.1. The van der Waals surface area contributed by atoms with Crippen LogP contribution in [0.3, 0.4) is 0 Å². The van der Waals surface area contributed by atoms with Gasteiger partial charge in [0.25, 0.3) is 5.91 Å². The van der Waals surface area contributed by atoms with Crippen molar-refractivity contribution >= 4 is 50.4 Å². The fourth-order valence-corrected chi connectivity index (χ4v) is 4.74. The van der Waals surface area contributed by atoms with Crippen molar-refractivity contribution in [2.75, 3.05) is 11.9 Å². The molecule has 0 fully saturated rings. The standard InChI is InChI=1S/C28H25BrFN5O4S/c1-3-38-23-13-18(12-21(29)26(23)39-16-20-6-4-5-7-22(20)30)15-31-33-24(36)14-25-34-35-28(40-25)32-27(37)19-10-8-17(2)9-11-19/h4-13,15H,3,14,16H2,1-2H3,(H,33,36)(H,32,35,37). The molecular formula is C28H25BrFN5O4S. The molecule has 3 aromatic carbocycles. The minimum absolute atomic E-state index is 0.0256. The number of rotatable bonds is 11. The number of aryl methyl sites for hydroxylation is 1. The third-order valence-electron chi connectivity index (χ3n) is 5.38. The maximum absolute atomic E-state index is 14.0. The molecule has 2 amide bonds. The molecule has 0 atom stereocenters. The lowest BCUT2D eigenvalue weighted by Crippen LogP contribution is -2.19. The zero-order valence-corrected chi connectivity index (χ0v) is 24.0. The number of benzene rings is 3. The Labute approximate surface area is 242 Å². The van der Waals surface area contributed by atoms with Gasteiger partial charge < -0.3 is 9.47 Å². The smallest absolute Gasteiger partial charge is 0.257 e. The van der Waals surface area contributed by atoms with Gasteiger partial charge in [-0.05, 0) is 65.7 Å². The zero-order valence-electron chi connectivity index (χ0n) is 21.6.